The van der Waals surface area contributed by atoms with E-state index in [0.29, 0.717) is 16.5 Å². The zero-order valence-corrected chi connectivity index (χ0v) is 18.7. The SMILES string of the molecule is CCOC(=O)c1csc(N(NC(=O)c2ccc(OC)cc2)C(=O)Nc2ccc(Cl)cc2)n1. The lowest BCUT2D eigenvalue weighted by molar-refractivity contribution is 0.0520. The van der Waals surface area contributed by atoms with Crippen LogP contribution in [0.3, 0.4) is 0 Å². The molecule has 166 valence electrons. The number of carbonyl (C=O) groups is 3. The Morgan fingerprint density at radius 2 is 1.78 bits per heavy atom. The van der Waals surface area contributed by atoms with Gasteiger partial charge in [0.25, 0.3) is 5.91 Å². The molecule has 0 fully saturated rings. The molecule has 0 aliphatic rings. The van der Waals surface area contributed by atoms with Gasteiger partial charge in [-0.2, -0.15) is 5.01 Å². The lowest BCUT2D eigenvalue weighted by Gasteiger charge is -2.21. The summed E-state index contributed by atoms with van der Waals surface area (Å²) in [4.78, 5) is 41.8. The van der Waals surface area contributed by atoms with Crippen molar-refractivity contribution >= 4 is 51.7 Å². The fraction of sp³-hybridized carbons (Fsp3) is 0.143. The van der Waals surface area contributed by atoms with Gasteiger partial charge >= 0.3 is 12.0 Å². The van der Waals surface area contributed by atoms with Gasteiger partial charge in [-0.05, 0) is 55.5 Å². The third-order valence-corrected chi connectivity index (χ3v) is 5.11. The van der Waals surface area contributed by atoms with Crippen LogP contribution >= 0.6 is 22.9 Å². The van der Waals surface area contributed by atoms with Gasteiger partial charge in [0.05, 0.1) is 13.7 Å². The molecule has 0 saturated carbocycles. The summed E-state index contributed by atoms with van der Waals surface area (Å²) < 4.78 is 10.0. The Morgan fingerprint density at radius 3 is 2.41 bits per heavy atom. The Bertz CT molecular complexity index is 1100. The molecule has 0 bridgehead atoms. The van der Waals surface area contributed by atoms with Gasteiger partial charge in [-0.15, -0.1) is 11.3 Å². The molecule has 2 N–H and O–H groups in total. The fourth-order valence-corrected chi connectivity index (χ4v) is 3.35. The van der Waals surface area contributed by atoms with Crippen LogP contribution in [-0.4, -0.2) is 36.6 Å². The number of aromatic nitrogens is 1. The van der Waals surface area contributed by atoms with Gasteiger partial charge in [0, 0.05) is 21.7 Å². The van der Waals surface area contributed by atoms with Crippen molar-refractivity contribution < 1.29 is 23.9 Å². The van der Waals surface area contributed by atoms with Crippen molar-refractivity contribution in [3.05, 3.63) is 70.2 Å². The van der Waals surface area contributed by atoms with E-state index in [-0.39, 0.29) is 23.0 Å². The number of ether oxygens (including phenoxy) is 2. The van der Waals surface area contributed by atoms with Gasteiger partial charge in [0.1, 0.15) is 5.75 Å². The standard InChI is InChI=1S/C21H19ClN4O5S/c1-3-31-19(28)17-12-32-21(24-17)26(20(29)23-15-8-6-14(22)7-9-15)25-18(27)13-4-10-16(30-2)11-5-13/h4-12H,3H2,1-2H3,(H,23,29)(H,25,27). The summed E-state index contributed by atoms with van der Waals surface area (Å²) in [5.41, 5.74) is 3.28. The van der Waals surface area contributed by atoms with E-state index in [1.54, 1.807) is 55.5 Å². The number of anilines is 2. The molecule has 0 unspecified atom stereocenters. The molecular formula is C21H19ClN4O5S. The predicted molar refractivity (Wildman–Crippen MR) is 121 cm³/mol. The van der Waals surface area contributed by atoms with Gasteiger partial charge < -0.3 is 14.8 Å². The van der Waals surface area contributed by atoms with E-state index in [1.807, 2.05) is 0 Å². The molecule has 9 nitrogen and oxygen atoms in total. The topological polar surface area (TPSA) is 110 Å². The maximum absolute atomic E-state index is 13.0. The Morgan fingerprint density at radius 1 is 1.09 bits per heavy atom. The predicted octanol–water partition coefficient (Wildman–Crippen LogP) is 4.37. The number of halogens is 1. The number of nitrogens with one attached hydrogen (secondary N) is 2. The number of nitrogens with zero attached hydrogens (tertiary/aromatic N) is 2. The number of benzene rings is 2. The van der Waals surface area contributed by atoms with Crippen LogP contribution in [0.1, 0.15) is 27.8 Å². The molecule has 3 rings (SSSR count). The van der Waals surface area contributed by atoms with Crippen molar-refractivity contribution in [3.8, 4) is 5.75 Å². The number of thiazole rings is 1. The highest BCUT2D eigenvalue weighted by Gasteiger charge is 2.24. The normalized spacial score (nSPS) is 10.2. The Balaban J connectivity index is 1.85. The molecule has 1 heterocycles. The van der Waals surface area contributed by atoms with Crippen LogP contribution in [0.25, 0.3) is 0 Å². The van der Waals surface area contributed by atoms with Crippen molar-refractivity contribution in [2.75, 3.05) is 24.0 Å². The summed E-state index contributed by atoms with van der Waals surface area (Å²) in [7, 11) is 1.52. The third-order valence-electron chi connectivity index (χ3n) is 4.03. The second-order valence-corrected chi connectivity index (χ2v) is 7.45. The van der Waals surface area contributed by atoms with Crippen molar-refractivity contribution in [2.24, 2.45) is 0 Å². The average Bonchev–Trinajstić information content (AvgIpc) is 3.29. The highest BCUT2D eigenvalue weighted by Crippen LogP contribution is 2.22. The molecule has 0 aliphatic heterocycles. The lowest BCUT2D eigenvalue weighted by Crippen LogP contribution is -2.48. The Hall–Kier alpha value is -3.63. The number of amides is 3. The zero-order valence-electron chi connectivity index (χ0n) is 17.1. The second kappa shape index (κ2) is 10.6. The van der Waals surface area contributed by atoms with Crippen molar-refractivity contribution in [2.45, 2.75) is 6.92 Å². The number of esters is 1. The van der Waals surface area contributed by atoms with Crippen molar-refractivity contribution in [1.29, 1.82) is 0 Å². The number of rotatable bonds is 6. The number of methoxy groups -OCH3 is 1. The van der Waals surface area contributed by atoms with Crippen LogP contribution in [0.5, 0.6) is 5.75 Å². The van der Waals surface area contributed by atoms with Gasteiger partial charge in [0.15, 0.2) is 5.69 Å². The van der Waals surface area contributed by atoms with E-state index in [2.05, 4.69) is 15.7 Å². The van der Waals surface area contributed by atoms with Gasteiger partial charge in [-0.3, -0.25) is 10.2 Å². The van der Waals surface area contributed by atoms with Crippen LogP contribution in [-0.2, 0) is 4.74 Å². The van der Waals surface area contributed by atoms with E-state index in [0.717, 1.165) is 16.3 Å². The van der Waals surface area contributed by atoms with E-state index >= 15 is 0 Å². The minimum absolute atomic E-state index is 0.0230. The summed E-state index contributed by atoms with van der Waals surface area (Å²) in [6, 6.07) is 12.1. The van der Waals surface area contributed by atoms with E-state index < -0.39 is 17.9 Å². The molecule has 0 spiro atoms. The number of urea groups is 1. The summed E-state index contributed by atoms with van der Waals surface area (Å²) in [6.45, 7) is 1.85. The minimum atomic E-state index is -0.695. The first-order chi connectivity index (χ1) is 15.4. The molecular weight excluding hydrogens is 456 g/mol. The van der Waals surface area contributed by atoms with Crippen molar-refractivity contribution in [3.63, 3.8) is 0 Å². The molecule has 3 amide bonds. The highest BCUT2D eigenvalue weighted by atomic mass is 35.5. The third kappa shape index (κ3) is 5.74. The fourth-order valence-electron chi connectivity index (χ4n) is 2.47. The number of hydrogen-bond acceptors (Lipinski definition) is 7. The van der Waals surface area contributed by atoms with E-state index in [4.69, 9.17) is 21.1 Å². The molecule has 1 aromatic heterocycles. The van der Waals surface area contributed by atoms with E-state index in [9.17, 15) is 14.4 Å². The molecule has 0 saturated heterocycles. The highest BCUT2D eigenvalue weighted by molar-refractivity contribution is 7.14. The summed E-state index contributed by atoms with van der Waals surface area (Å²) in [5.74, 6) is -0.612. The van der Waals surface area contributed by atoms with Gasteiger partial charge in [-0.1, -0.05) is 11.6 Å². The quantitative estimate of drug-likeness (QED) is 0.405. The Kier molecular flexibility index (Phi) is 7.63. The van der Waals surface area contributed by atoms with Gasteiger partial charge in [0.2, 0.25) is 5.13 Å². The minimum Gasteiger partial charge on any atom is -0.497 e. The smallest absolute Gasteiger partial charge is 0.357 e. The number of hydrogen-bond donors (Lipinski definition) is 2. The maximum atomic E-state index is 13.0. The molecule has 0 aliphatic carbocycles. The van der Waals surface area contributed by atoms with Crippen LogP contribution in [0.15, 0.2) is 53.9 Å². The van der Waals surface area contributed by atoms with Crippen LogP contribution in [0.4, 0.5) is 15.6 Å². The average molecular weight is 475 g/mol. The van der Waals surface area contributed by atoms with Crippen molar-refractivity contribution in [1.82, 2.24) is 10.4 Å². The Labute approximate surface area is 192 Å². The first-order valence-electron chi connectivity index (χ1n) is 9.35. The summed E-state index contributed by atoms with van der Waals surface area (Å²) in [6.07, 6.45) is 0. The summed E-state index contributed by atoms with van der Waals surface area (Å²) >= 11 is 6.88. The molecule has 2 aromatic carbocycles. The van der Waals surface area contributed by atoms with Gasteiger partial charge in [-0.25, -0.2) is 14.6 Å². The molecule has 3 aromatic rings. The maximum Gasteiger partial charge on any atom is 0.357 e. The zero-order chi connectivity index (χ0) is 23.1. The molecule has 0 atom stereocenters. The van der Waals surface area contributed by atoms with Crippen LogP contribution in [0.2, 0.25) is 5.02 Å². The number of carbonyl (C=O) groups excluding carboxylic acids is 3. The van der Waals surface area contributed by atoms with E-state index in [1.165, 1.54) is 12.5 Å². The largest absolute Gasteiger partial charge is 0.497 e. The second-order valence-electron chi connectivity index (χ2n) is 6.18. The molecule has 0 radical (unpaired) electrons. The van der Waals surface area contributed by atoms with Crippen LogP contribution < -0.4 is 20.5 Å². The summed E-state index contributed by atoms with van der Waals surface area (Å²) in [5, 5.41) is 5.59. The monoisotopic (exact) mass is 474 g/mol. The lowest BCUT2D eigenvalue weighted by atomic mass is 10.2. The first kappa shape index (κ1) is 23.0. The molecule has 32 heavy (non-hydrogen) atoms. The number of hydrazine groups is 1. The van der Waals surface area contributed by atoms with Crippen LogP contribution in [0, 0.1) is 0 Å². The molecule has 11 heteroatoms. The first-order valence-corrected chi connectivity index (χ1v) is 10.6.